The first-order valence-corrected chi connectivity index (χ1v) is 8.96. The average molecular weight is 354 g/mol. The van der Waals surface area contributed by atoms with Crippen LogP contribution in [0.2, 0.25) is 0 Å². The van der Waals surface area contributed by atoms with Crippen LogP contribution in [0.5, 0.6) is 0 Å². The largest absolute Gasteiger partial charge is 0.296 e. The average Bonchev–Trinajstić information content (AvgIpc) is 3.10. The number of carbonyl (C=O) groups excluding carboxylic acids is 1. The summed E-state index contributed by atoms with van der Waals surface area (Å²) in [6, 6.07) is 12.6. The van der Waals surface area contributed by atoms with E-state index >= 15 is 0 Å². The van der Waals surface area contributed by atoms with Crippen molar-refractivity contribution < 1.29 is 4.79 Å². The van der Waals surface area contributed by atoms with Crippen molar-refractivity contribution in [2.24, 2.45) is 0 Å². The fourth-order valence-corrected chi connectivity index (χ4v) is 2.99. The molecule has 7 heteroatoms. The van der Waals surface area contributed by atoms with Gasteiger partial charge < -0.3 is 0 Å². The van der Waals surface area contributed by atoms with E-state index in [1.165, 1.54) is 28.2 Å². The number of rotatable bonds is 6. The van der Waals surface area contributed by atoms with Gasteiger partial charge in [0, 0.05) is 23.6 Å². The van der Waals surface area contributed by atoms with Crippen molar-refractivity contribution in [1.29, 1.82) is 0 Å². The van der Waals surface area contributed by atoms with Gasteiger partial charge in [-0.15, -0.1) is 11.3 Å². The zero-order valence-corrected chi connectivity index (χ0v) is 14.6. The lowest BCUT2D eigenvalue weighted by atomic mass is 10.2. The highest BCUT2D eigenvalue weighted by Gasteiger charge is 2.12. The Hall–Kier alpha value is -2.80. The van der Waals surface area contributed by atoms with Crippen LogP contribution in [-0.4, -0.2) is 20.7 Å². The third-order valence-corrected chi connectivity index (χ3v) is 4.37. The van der Waals surface area contributed by atoms with Gasteiger partial charge in [-0.2, -0.15) is 5.10 Å². The number of hydrogen-bond donors (Lipinski definition) is 1. The maximum Gasteiger partial charge on any atom is 0.277 e. The van der Waals surface area contributed by atoms with Crippen molar-refractivity contribution in [3.63, 3.8) is 0 Å². The summed E-state index contributed by atoms with van der Waals surface area (Å²) in [7, 11) is 0. The summed E-state index contributed by atoms with van der Waals surface area (Å²) < 4.78 is 1.33. The van der Waals surface area contributed by atoms with Crippen molar-refractivity contribution in [3.05, 3.63) is 63.9 Å². The SMILES string of the molecule is CCCCn1nc(C(=O)Nc2nc(-c3ccccc3)cs2)ccc1=O. The molecule has 25 heavy (non-hydrogen) atoms. The number of thiazole rings is 1. The molecule has 2 aromatic heterocycles. The first-order chi connectivity index (χ1) is 12.2. The number of carbonyl (C=O) groups is 1. The molecule has 0 fully saturated rings. The molecule has 1 aromatic carbocycles. The molecule has 0 unspecified atom stereocenters. The number of aromatic nitrogens is 3. The van der Waals surface area contributed by atoms with E-state index in [4.69, 9.17) is 0 Å². The van der Waals surface area contributed by atoms with Crippen LogP contribution >= 0.6 is 11.3 Å². The van der Waals surface area contributed by atoms with Crippen molar-refractivity contribution in [1.82, 2.24) is 14.8 Å². The molecule has 0 aliphatic carbocycles. The molecular weight excluding hydrogens is 336 g/mol. The van der Waals surface area contributed by atoms with Gasteiger partial charge >= 0.3 is 0 Å². The maximum absolute atomic E-state index is 12.4. The van der Waals surface area contributed by atoms with Crippen molar-refractivity contribution in [2.45, 2.75) is 26.3 Å². The molecule has 0 radical (unpaired) electrons. The van der Waals surface area contributed by atoms with Gasteiger partial charge in [-0.1, -0.05) is 43.7 Å². The van der Waals surface area contributed by atoms with Gasteiger partial charge in [-0.05, 0) is 12.5 Å². The van der Waals surface area contributed by atoms with Crippen LogP contribution in [0.15, 0.2) is 52.6 Å². The lowest BCUT2D eigenvalue weighted by Gasteiger charge is -2.06. The maximum atomic E-state index is 12.4. The molecule has 0 aliphatic rings. The second kappa shape index (κ2) is 7.85. The van der Waals surface area contributed by atoms with Crippen LogP contribution in [0.3, 0.4) is 0 Å². The van der Waals surface area contributed by atoms with E-state index in [0.29, 0.717) is 11.7 Å². The third kappa shape index (κ3) is 4.19. The van der Waals surface area contributed by atoms with E-state index in [2.05, 4.69) is 15.4 Å². The molecule has 3 rings (SSSR count). The summed E-state index contributed by atoms with van der Waals surface area (Å²) in [4.78, 5) is 28.6. The molecular formula is C18H18N4O2S. The van der Waals surface area contributed by atoms with E-state index < -0.39 is 0 Å². The smallest absolute Gasteiger partial charge is 0.277 e. The zero-order chi connectivity index (χ0) is 17.6. The molecule has 1 amide bonds. The Morgan fingerprint density at radius 1 is 1.20 bits per heavy atom. The fourth-order valence-electron chi connectivity index (χ4n) is 2.27. The lowest BCUT2D eigenvalue weighted by molar-refractivity contribution is 0.101. The van der Waals surface area contributed by atoms with Crippen molar-refractivity contribution in [2.75, 3.05) is 5.32 Å². The second-order valence-corrected chi connectivity index (χ2v) is 6.35. The summed E-state index contributed by atoms with van der Waals surface area (Å²) >= 11 is 1.35. The number of anilines is 1. The lowest BCUT2D eigenvalue weighted by Crippen LogP contribution is -2.26. The van der Waals surface area contributed by atoms with Crippen LogP contribution in [0.25, 0.3) is 11.3 Å². The fraction of sp³-hybridized carbons (Fsp3) is 0.222. The molecule has 0 atom stereocenters. The number of nitrogens with zero attached hydrogens (tertiary/aromatic N) is 3. The van der Waals surface area contributed by atoms with Gasteiger partial charge in [0.05, 0.1) is 5.69 Å². The minimum Gasteiger partial charge on any atom is -0.296 e. The quantitative estimate of drug-likeness (QED) is 0.736. The Bertz CT molecular complexity index is 918. The Labute approximate surface area is 149 Å². The first-order valence-electron chi connectivity index (χ1n) is 8.08. The van der Waals surface area contributed by atoms with Gasteiger partial charge in [0.25, 0.3) is 11.5 Å². The Balaban J connectivity index is 1.74. The van der Waals surface area contributed by atoms with Crippen LogP contribution in [0.4, 0.5) is 5.13 Å². The molecule has 0 saturated heterocycles. The third-order valence-electron chi connectivity index (χ3n) is 3.62. The molecule has 6 nitrogen and oxygen atoms in total. The highest BCUT2D eigenvalue weighted by Crippen LogP contribution is 2.24. The normalized spacial score (nSPS) is 10.6. The van der Waals surface area contributed by atoms with Gasteiger partial charge in [0.15, 0.2) is 5.13 Å². The van der Waals surface area contributed by atoms with Crippen LogP contribution < -0.4 is 10.9 Å². The van der Waals surface area contributed by atoms with E-state index in [1.54, 1.807) is 0 Å². The van der Waals surface area contributed by atoms with Crippen LogP contribution in [0.1, 0.15) is 30.3 Å². The van der Waals surface area contributed by atoms with Crippen LogP contribution in [-0.2, 0) is 6.54 Å². The summed E-state index contributed by atoms with van der Waals surface area (Å²) in [6.07, 6.45) is 1.79. The molecule has 0 bridgehead atoms. The van der Waals surface area contributed by atoms with Gasteiger partial charge in [-0.3, -0.25) is 14.9 Å². The molecule has 2 heterocycles. The number of aryl methyl sites for hydroxylation is 1. The standard InChI is InChI=1S/C18H18N4O2S/c1-2-3-11-22-16(23)10-9-14(21-22)17(24)20-18-19-15(12-25-18)13-7-5-4-6-8-13/h4-10,12H,2-3,11H2,1H3,(H,19,20,24). The Morgan fingerprint density at radius 2 is 2.00 bits per heavy atom. The first kappa shape index (κ1) is 17.0. The minimum atomic E-state index is -0.376. The Kier molecular flexibility index (Phi) is 5.35. The highest BCUT2D eigenvalue weighted by atomic mass is 32.1. The molecule has 0 spiro atoms. The molecule has 0 saturated carbocycles. The van der Waals surface area contributed by atoms with E-state index in [9.17, 15) is 9.59 Å². The Morgan fingerprint density at radius 3 is 2.76 bits per heavy atom. The summed E-state index contributed by atoms with van der Waals surface area (Å²) in [6.45, 7) is 2.54. The molecule has 128 valence electrons. The van der Waals surface area contributed by atoms with Crippen molar-refractivity contribution in [3.8, 4) is 11.3 Å². The van der Waals surface area contributed by atoms with Gasteiger partial charge in [-0.25, -0.2) is 9.67 Å². The number of nitrogens with one attached hydrogen (secondary N) is 1. The number of unbranched alkanes of at least 4 members (excludes halogenated alkanes) is 1. The topological polar surface area (TPSA) is 76.9 Å². The monoisotopic (exact) mass is 354 g/mol. The zero-order valence-electron chi connectivity index (χ0n) is 13.8. The van der Waals surface area contributed by atoms with E-state index in [0.717, 1.165) is 24.1 Å². The number of benzene rings is 1. The van der Waals surface area contributed by atoms with E-state index in [-0.39, 0.29) is 17.2 Å². The van der Waals surface area contributed by atoms with Gasteiger partial charge in [0.2, 0.25) is 0 Å². The van der Waals surface area contributed by atoms with Crippen LogP contribution in [0, 0.1) is 0 Å². The second-order valence-electron chi connectivity index (χ2n) is 5.49. The number of amides is 1. The molecule has 0 aliphatic heterocycles. The predicted molar refractivity (Wildman–Crippen MR) is 98.9 cm³/mol. The number of hydrogen-bond acceptors (Lipinski definition) is 5. The summed E-state index contributed by atoms with van der Waals surface area (Å²) in [5.41, 5.74) is 1.80. The predicted octanol–water partition coefficient (Wildman–Crippen LogP) is 3.42. The molecule has 3 aromatic rings. The minimum absolute atomic E-state index is 0.201. The van der Waals surface area contributed by atoms with E-state index in [1.807, 2.05) is 42.6 Å². The van der Waals surface area contributed by atoms with Crippen molar-refractivity contribution >= 4 is 22.4 Å². The highest BCUT2D eigenvalue weighted by molar-refractivity contribution is 7.14. The summed E-state index contributed by atoms with van der Waals surface area (Å²) in [5, 5.41) is 9.27. The van der Waals surface area contributed by atoms with Gasteiger partial charge in [0.1, 0.15) is 5.69 Å². The molecule has 1 N–H and O–H groups in total. The summed E-state index contributed by atoms with van der Waals surface area (Å²) in [5.74, 6) is -0.376.